The zero-order chi connectivity index (χ0) is 25.2. The van der Waals surface area contributed by atoms with Crippen LogP contribution < -0.4 is 10.6 Å². The Labute approximate surface area is 217 Å². The molecule has 1 atom stereocenters. The number of carbonyl (C=O) groups is 1. The van der Waals surface area contributed by atoms with Crippen LogP contribution in [0.25, 0.3) is 0 Å². The Morgan fingerprint density at radius 2 is 1.81 bits per heavy atom. The monoisotopic (exact) mass is 519 g/mol. The lowest BCUT2D eigenvalue weighted by molar-refractivity contribution is -0.113. The van der Waals surface area contributed by atoms with Crippen LogP contribution in [-0.2, 0) is 10.5 Å². The number of allylic oxidation sites excluding steroid dienone is 1. The molecule has 4 aromatic rings. The fraction of sp³-hybridized carbons (Fsp3) is 0.148. The van der Waals surface area contributed by atoms with Gasteiger partial charge in [0.15, 0.2) is 0 Å². The number of fused-ring (bicyclic) bond motifs is 1. The summed E-state index contributed by atoms with van der Waals surface area (Å²) in [5.41, 5.74) is 4.64. The van der Waals surface area contributed by atoms with Crippen molar-refractivity contribution in [3.05, 3.63) is 112 Å². The highest BCUT2D eigenvalue weighted by atomic mass is 35.5. The third-order valence-electron chi connectivity index (χ3n) is 5.94. The average molecular weight is 520 g/mol. The van der Waals surface area contributed by atoms with Crippen LogP contribution in [0.5, 0.6) is 0 Å². The molecule has 0 radical (unpaired) electrons. The lowest BCUT2D eigenvalue weighted by atomic mass is 9.95. The Balaban J connectivity index is 1.48. The van der Waals surface area contributed by atoms with Gasteiger partial charge in [-0.05, 0) is 60.9 Å². The van der Waals surface area contributed by atoms with Gasteiger partial charge in [0.1, 0.15) is 11.9 Å². The summed E-state index contributed by atoms with van der Waals surface area (Å²) in [4.78, 5) is 18.2. The highest BCUT2D eigenvalue weighted by molar-refractivity contribution is 7.98. The predicted octanol–water partition coefficient (Wildman–Crippen LogP) is 6.60. The minimum absolute atomic E-state index is 0.264. The largest absolute Gasteiger partial charge is 0.328 e. The SMILES string of the molecule is CC1=C(C(=O)Nc2ccccc2C)C(c2ccc(F)cc2)n2nc(SCc3ccc(Cl)cc3)nc2N1. The van der Waals surface area contributed by atoms with Crippen LogP contribution in [0.2, 0.25) is 5.02 Å². The number of carbonyl (C=O) groups excluding carboxylic acids is 1. The van der Waals surface area contributed by atoms with E-state index in [1.165, 1.54) is 23.9 Å². The van der Waals surface area contributed by atoms with Gasteiger partial charge in [0.25, 0.3) is 5.91 Å². The van der Waals surface area contributed by atoms with Gasteiger partial charge in [-0.3, -0.25) is 4.79 Å². The summed E-state index contributed by atoms with van der Waals surface area (Å²) in [5.74, 6) is 0.569. The number of para-hydroxylation sites is 1. The Kier molecular flexibility index (Phi) is 6.80. The molecule has 0 spiro atoms. The number of rotatable bonds is 6. The minimum Gasteiger partial charge on any atom is -0.328 e. The third-order valence-corrected chi connectivity index (χ3v) is 7.10. The molecule has 9 heteroatoms. The summed E-state index contributed by atoms with van der Waals surface area (Å²) in [5, 5.41) is 12.2. The van der Waals surface area contributed by atoms with Crippen molar-refractivity contribution in [3.63, 3.8) is 0 Å². The highest BCUT2D eigenvalue weighted by Crippen LogP contribution is 2.37. The first-order valence-corrected chi connectivity index (χ1v) is 12.7. The zero-order valence-electron chi connectivity index (χ0n) is 19.6. The number of aromatic nitrogens is 3. The van der Waals surface area contributed by atoms with Gasteiger partial charge in [-0.2, -0.15) is 4.98 Å². The molecule has 5 rings (SSSR count). The van der Waals surface area contributed by atoms with E-state index in [1.54, 1.807) is 16.8 Å². The van der Waals surface area contributed by atoms with Gasteiger partial charge in [-0.15, -0.1) is 5.10 Å². The standard InChI is InChI=1S/C27H23ClFN5OS/c1-16-5-3-4-6-22(16)31-25(35)23-17(2)30-26-32-27(36-15-18-7-11-20(28)12-8-18)33-34(26)24(23)19-9-13-21(29)14-10-19/h3-14,24H,15H2,1-2H3,(H,31,35)(H,30,32,33). The summed E-state index contributed by atoms with van der Waals surface area (Å²) in [7, 11) is 0. The molecule has 1 aliphatic heterocycles. The molecule has 1 amide bonds. The van der Waals surface area contributed by atoms with Crippen molar-refractivity contribution in [2.75, 3.05) is 10.6 Å². The van der Waals surface area contributed by atoms with E-state index in [0.717, 1.165) is 22.4 Å². The fourth-order valence-electron chi connectivity index (χ4n) is 4.07. The van der Waals surface area contributed by atoms with Crippen LogP contribution >= 0.6 is 23.4 Å². The van der Waals surface area contributed by atoms with E-state index in [2.05, 4.69) is 15.6 Å². The first-order chi connectivity index (χ1) is 17.4. The van der Waals surface area contributed by atoms with E-state index in [1.807, 2.05) is 62.4 Å². The maximum absolute atomic E-state index is 13.8. The van der Waals surface area contributed by atoms with Crippen LogP contribution in [0.1, 0.15) is 29.7 Å². The molecule has 2 heterocycles. The molecule has 2 N–H and O–H groups in total. The molecule has 3 aromatic carbocycles. The van der Waals surface area contributed by atoms with Gasteiger partial charge in [0, 0.05) is 22.2 Å². The fourth-order valence-corrected chi connectivity index (χ4v) is 4.98. The van der Waals surface area contributed by atoms with E-state index < -0.39 is 6.04 Å². The van der Waals surface area contributed by atoms with Gasteiger partial charge in [-0.25, -0.2) is 9.07 Å². The van der Waals surface area contributed by atoms with Gasteiger partial charge < -0.3 is 10.6 Å². The Morgan fingerprint density at radius 3 is 2.53 bits per heavy atom. The Morgan fingerprint density at radius 1 is 1.08 bits per heavy atom. The quantitative estimate of drug-likeness (QED) is 0.281. The van der Waals surface area contributed by atoms with Gasteiger partial charge >= 0.3 is 0 Å². The molecular weight excluding hydrogens is 497 g/mol. The number of hydrogen-bond acceptors (Lipinski definition) is 5. The molecule has 1 aliphatic rings. The molecule has 0 saturated carbocycles. The first kappa shape index (κ1) is 24.1. The summed E-state index contributed by atoms with van der Waals surface area (Å²) < 4.78 is 15.4. The number of nitrogens with one attached hydrogen (secondary N) is 2. The lowest BCUT2D eigenvalue weighted by Gasteiger charge is -2.28. The van der Waals surface area contributed by atoms with Crippen molar-refractivity contribution in [1.82, 2.24) is 14.8 Å². The maximum atomic E-state index is 13.8. The Hall–Kier alpha value is -3.62. The highest BCUT2D eigenvalue weighted by Gasteiger charge is 2.34. The average Bonchev–Trinajstić information content (AvgIpc) is 3.27. The number of amides is 1. The molecule has 1 aromatic heterocycles. The van der Waals surface area contributed by atoms with Crippen molar-refractivity contribution in [1.29, 1.82) is 0 Å². The van der Waals surface area contributed by atoms with Crippen LogP contribution in [0.3, 0.4) is 0 Å². The predicted molar refractivity (Wildman–Crippen MR) is 142 cm³/mol. The molecule has 36 heavy (non-hydrogen) atoms. The van der Waals surface area contributed by atoms with E-state index in [9.17, 15) is 9.18 Å². The van der Waals surface area contributed by atoms with Gasteiger partial charge in [-0.1, -0.05) is 65.8 Å². The van der Waals surface area contributed by atoms with Crippen molar-refractivity contribution in [2.45, 2.75) is 30.8 Å². The number of thioether (sulfide) groups is 1. The molecule has 1 unspecified atom stereocenters. The number of nitrogens with zero attached hydrogens (tertiary/aromatic N) is 3. The van der Waals surface area contributed by atoms with E-state index in [0.29, 0.717) is 33.2 Å². The summed E-state index contributed by atoms with van der Waals surface area (Å²) in [6.07, 6.45) is 0. The topological polar surface area (TPSA) is 71.8 Å². The van der Waals surface area contributed by atoms with Crippen LogP contribution in [0, 0.1) is 12.7 Å². The molecule has 0 saturated heterocycles. The second-order valence-electron chi connectivity index (χ2n) is 8.46. The van der Waals surface area contributed by atoms with Crippen LogP contribution in [0.4, 0.5) is 16.0 Å². The second kappa shape index (κ2) is 10.2. The molecule has 182 valence electrons. The molecule has 0 fully saturated rings. The Bertz CT molecular complexity index is 1450. The minimum atomic E-state index is -0.580. The van der Waals surface area contributed by atoms with Crippen molar-refractivity contribution in [3.8, 4) is 0 Å². The number of benzene rings is 3. The summed E-state index contributed by atoms with van der Waals surface area (Å²) in [6.45, 7) is 3.77. The van der Waals surface area contributed by atoms with E-state index >= 15 is 0 Å². The second-order valence-corrected chi connectivity index (χ2v) is 9.84. The van der Waals surface area contributed by atoms with Crippen LogP contribution in [0.15, 0.2) is 89.2 Å². The van der Waals surface area contributed by atoms with Gasteiger partial charge in [0.2, 0.25) is 11.1 Å². The summed E-state index contributed by atoms with van der Waals surface area (Å²) >= 11 is 7.47. The van der Waals surface area contributed by atoms with E-state index in [-0.39, 0.29) is 11.7 Å². The van der Waals surface area contributed by atoms with Crippen molar-refractivity contribution >= 4 is 40.9 Å². The van der Waals surface area contributed by atoms with Crippen LogP contribution in [-0.4, -0.2) is 20.7 Å². The number of halogens is 2. The zero-order valence-corrected chi connectivity index (χ0v) is 21.2. The first-order valence-electron chi connectivity index (χ1n) is 11.3. The molecule has 6 nitrogen and oxygen atoms in total. The normalized spacial score (nSPS) is 14.8. The summed E-state index contributed by atoms with van der Waals surface area (Å²) in [6, 6.07) is 20.8. The number of hydrogen-bond donors (Lipinski definition) is 2. The number of aryl methyl sites for hydroxylation is 1. The van der Waals surface area contributed by atoms with Crippen molar-refractivity contribution in [2.24, 2.45) is 0 Å². The molecule has 0 bridgehead atoms. The van der Waals surface area contributed by atoms with Gasteiger partial charge in [0.05, 0.1) is 5.57 Å². The smallest absolute Gasteiger partial charge is 0.255 e. The molecule has 0 aliphatic carbocycles. The number of anilines is 2. The lowest BCUT2D eigenvalue weighted by Crippen LogP contribution is -2.31. The maximum Gasteiger partial charge on any atom is 0.255 e. The van der Waals surface area contributed by atoms with E-state index in [4.69, 9.17) is 16.7 Å². The molecular formula is C27H23ClFN5OS. The third kappa shape index (κ3) is 5.01. The van der Waals surface area contributed by atoms with Crippen molar-refractivity contribution < 1.29 is 9.18 Å².